The molecule has 64 valence electrons. The minimum atomic E-state index is -0.230. The quantitative estimate of drug-likeness (QED) is 0.608. The molecule has 1 rings (SSSR count). The standard InChI is InChI=1S/C7H10N4O/c1-9-7(12)5-2-3-10-6(4-8)11-5/h2-3H,4,8H2,1H3,(H,9,12). The van der Waals surface area contributed by atoms with E-state index in [9.17, 15) is 4.79 Å². The molecule has 5 heteroatoms. The maximum absolute atomic E-state index is 11.0. The summed E-state index contributed by atoms with van der Waals surface area (Å²) < 4.78 is 0. The Kier molecular flexibility index (Phi) is 2.71. The van der Waals surface area contributed by atoms with E-state index in [0.29, 0.717) is 11.5 Å². The summed E-state index contributed by atoms with van der Waals surface area (Å²) in [4.78, 5) is 18.8. The minimum Gasteiger partial charge on any atom is -0.354 e. The van der Waals surface area contributed by atoms with Gasteiger partial charge in [-0.15, -0.1) is 0 Å². The predicted octanol–water partition coefficient (Wildman–Crippen LogP) is -0.705. The molecule has 0 aromatic carbocycles. The van der Waals surface area contributed by atoms with Gasteiger partial charge in [0.2, 0.25) is 0 Å². The van der Waals surface area contributed by atoms with Gasteiger partial charge in [-0.25, -0.2) is 9.97 Å². The van der Waals surface area contributed by atoms with Crippen LogP contribution >= 0.6 is 0 Å². The van der Waals surface area contributed by atoms with Crippen LogP contribution in [0.2, 0.25) is 0 Å². The lowest BCUT2D eigenvalue weighted by Gasteiger charge is -1.99. The van der Waals surface area contributed by atoms with Gasteiger partial charge in [0.05, 0.1) is 6.54 Å². The number of rotatable bonds is 2. The highest BCUT2D eigenvalue weighted by Crippen LogP contribution is 1.93. The molecule has 1 aromatic rings. The van der Waals surface area contributed by atoms with Crippen molar-refractivity contribution < 1.29 is 4.79 Å². The average Bonchev–Trinajstić information content (AvgIpc) is 2.17. The van der Waals surface area contributed by atoms with E-state index in [1.54, 1.807) is 7.05 Å². The molecule has 0 spiro atoms. The first-order valence-electron chi connectivity index (χ1n) is 3.52. The third-order valence-corrected chi connectivity index (χ3v) is 1.35. The molecule has 0 aliphatic carbocycles. The highest BCUT2D eigenvalue weighted by atomic mass is 16.1. The van der Waals surface area contributed by atoms with Crippen molar-refractivity contribution in [2.24, 2.45) is 5.73 Å². The largest absolute Gasteiger partial charge is 0.354 e. The summed E-state index contributed by atoms with van der Waals surface area (Å²) in [6, 6.07) is 1.54. The molecule has 0 aliphatic rings. The van der Waals surface area contributed by atoms with Crippen molar-refractivity contribution in [2.45, 2.75) is 6.54 Å². The molecule has 1 aromatic heterocycles. The molecule has 0 saturated carbocycles. The second kappa shape index (κ2) is 3.77. The number of carbonyl (C=O) groups is 1. The van der Waals surface area contributed by atoms with Crippen molar-refractivity contribution in [3.63, 3.8) is 0 Å². The van der Waals surface area contributed by atoms with E-state index in [0.717, 1.165) is 0 Å². The topological polar surface area (TPSA) is 80.9 Å². The summed E-state index contributed by atoms with van der Waals surface area (Å²) in [5.41, 5.74) is 5.64. The van der Waals surface area contributed by atoms with Gasteiger partial charge < -0.3 is 11.1 Å². The summed E-state index contributed by atoms with van der Waals surface area (Å²) in [5.74, 6) is 0.239. The fraction of sp³-hybridized carbons (Fsp3) is 0.286. The van der Waals surface area contributed by atoms with Gasteiger partial charge in [-0.2, -0.15) is 0 Å². The maximum Gasteiger partial charge on any atom is 0.269 e. The van der Waals surface area contributed by atoms with Crippen LogP contribution in [0.3, 0.4) is 0 Å². The summed E-state index contributed by atoms with van der Waals surface area (Å²) >= 11 is 0. The van der Waals surface area contributed by atoms with E-state index in [4.69, 9.17) is 5.73 Å². The van der Waals surface area contributed by atoms with Crippen LogP contribution in [0.1, 0.15) is 16.3 Å². The molecule has 0 fully saturated rings. The molecule has 3 N–H and O–H groups in total. The average molecular weight is 166 g/mol. The van der Waals surface area contributed by atoms with Gasteiger partial charge in [-0.3, -0.25) is 4.79 Å². The van der Waals surface area contributed by atoms with Crippen LogP contribution in [-0.2, 0) is 6.54 Å². The SMILES string of the molecule is CNC(=O)c1ccnc(CN)n1. The van der Waals surface area contributed by atoms with E-state index in [2.05, 4.69) is 15.3 Å². The molecule has 0 atom stereocenters. The first-order valence-corrected chi connectivity index (χ1v) is 3.52. The Morgan fingerprint density at radius 3 is 3.08 bits per heavy atom. The Bertz CT molecular complexity index is 286. The summed E-state index contributed by atoms with van der Waals surface area (Å²) in [5, 5.41) is 2.46. The Labute approximate surface area is 70.0 Å². The molecule has 1 heterocycles. The van der Waals surface area contributed by atoms with Crippen LogP contribution < -0.4 is 11.1 Å². The Hall–Kier alpha value is -1.49. The van der Waals surface area contributed by atoms with Crippen LogP contribution in [0, 0.1) is 0 Å². The van der Waals surface area contributed by atoms with Gasteiger partial charge in [-0.05, 0) is 6.07 Å². The van der Waals surface area contributed by atoms with Gasteiger partial charge >= 0.3 is 0 Å². The molecule has 12 heavy (non-hydrogen) atoms. The number of hydrogen-bond donors (Lipinski definition) is 2. The second-order valence-corrected chi connectivity index (χ2v) is 2.14. The molecule has 0 radical (unpaired) electrons. The molecule has 0 aliphatic heterocycles. The lowest BCUT2D eigenvalue weighted by atomic mass is 10.4. The first-order chi connectivity index (χ1) is 5.77. The number of amides is 1. The van der Waals surface area contributed by atoms with Crippen molar-refractivity contribution in [3.8, 4) is 0 Å². The summed E-state index contributed by atoms with van der Waals surface area (Å²) in [6.07, 6.45) is 1.51. The fourth-order valence-corrected chi connectivity index (χ4v) is 0.752. The molecular weight excluding hydrogens is 156 g/mol. The minimum absolute atomic E-state index is 0.230. The zero-order valence-corrected chi connectivity index (χ0v) is 6.74. The van der Waals surface area contributed by atoms with Crippen LogP contribution in [0.5, 0.6) is 0 Å². The zero-order valence-electron chi connectivity index (χ0n) is 6.74. The maximum atomic E-state index is 11.0. The van der Waals surface area contributed by atoms with Crippen LogP contribution in [-0.4, -0.2) is 22.9 Å². The van der Waals surface area contributed by atoms with Gasteiger partial charge in [0.1, 0.15) is 11.5 Å². The highest BCUT2D eigenvalue weighted by molar-refractivity contribution is 5.91. The monoisotopic (exact) mass is 166 g/mol. The van der Waals surface area contributed by atoms with E-state index < -0.39 is 0 Å². The second-order valence-electron chi connectivity index (χ2n) is 2.14. The van der Waals surface area contributed by atoms with E-state index in [1.165, 1.54) is 12.3 Å². The zero-order chi connectivity index (χ0) is 8.97. The fourth-order valence-electron chi connectivity index (χ4n) is 0.752. The molecule has 5 nitrogen and oxygen atoms in total. The Balaban J connectivity index is 2.93. The van der Waals surface area contributed by atoms with Crippen LogP contribution in [0.4, 0.5) is 0 Å². The van der Waals surface area contributed by atoms with E-state index in [-0.39, 0.29) is 12.5 Å². The third kappa shape index (κ3) is 1.76. The molecule has 0 saturated heterocycles. The van der Waals surface area contributed by atoms with E-state index in [1.807, 2.05) is 0 Å². The number of carbonyl (C=O) groups excluding carboxylic acids is 1. The van der Waals surface area contributed by atoms with Gasteiger partial charge in [-0.1, -0.05) is 0 Å². The number of hydrogen-bond acceptors (Lipinski definition) is 4. The highest BCUT2D eigenvalue weighted by Gasteiger charge is 2.04. The predicted molar refractivity (Wildman–Crippen MR) is 43.3 cm³/mol. The lowest BCUT2D eigenvalue weighted by Crippen LogP contribution is -2.20. The number of nitrogens with two attached hydrogens (primary N) is 1. The van der Waals surface area contributed by atoms with Gasteiger partial charge in [0, 0.05) is 13.2 Å². The Morgan fingerprint density at radius 2 is 2.50 bits per heavy atom. The third-order valence-electron chi connectivity index (χ3n) is 1.35. The molecule has 1 amide bonds. The molecular formula is C7H10N4O. The number of nitrogens with zero attached hydrogens (tertiary/aromatic N) is 2. The van der Waals surface area contributed by atoms with Crippen molar-refractivity contribution >= 4 is 5.91 Å². The normalized spacial score (nSPS) is 9.50. The van der Waals surface area contributed by atoms with Crippen LogP contribution in [0.25, 0.3) is 0 Å². The molecule has 0 bridgehead atoms. The summed E-state index contributed by atoms with van der Waals surface area (Å²) in [6.45, 7) is 0.241. The molecule has 0 unspecified atom stereocenters. The van der Waals surface area contributed by atoms with Gasteiger partial charge in [0.25, 0.3) is 5.91 Å². The lowest BCUT2D eigenvalue weighted by molar-refractivity contribution is 0.0957. The van der Waals surface area contributed by atoms with Crippen LogP contribution in [0.15, 0.2) is 12.3 Å². The first kappa shape index (κ1) is 8.61. The van der Waals surface area contributed by atoms with E-state index >= 15 is 0 Å². The van der Waals surface area contributed by atoms with Crippen molar-refractivity contribution in [3.05, 3.63) is 23.8 Å². The van der Waals surface area contributed by atoms with Gasteiger partial charge in [0.15, 0.2) is 0 Å². The van der Waals surface area contributed by atoms with Crippen molar-refractivity contribution in [2.75, 3.05) is 7.05 Å². The Morgan fingerprint density at radius 1 is 1.75 bits per heavy atom. The number of aromatic nitrogens is 2. The van der Waals surface area contributed by atoms with Crippen molar-refractivity contribution in [1.82, 2.24) is 15.3 Å². The number of nitrogens with one attached hydrogen (secondary N) is 1. The smallest absolute Gasteiger partial charge is 0.269 e. The van der Waals surface area contributed by atoms with Crippen molar-refractivity contribution in [1.29, 1.82) is 0 Å². The summed E-state index contributed by atoms with van der Waals surface area (Å²) in [7, 11) is 1.55.